The Hall–Kier alpha value is -1.38. The second-order valence-electron chi connectivity index (χ2n) is 5.20. The van der Waals surface area contributed by atoms with Crippen molar-refractivity contribution in [2.75, 3.05) is 0 Å². The molecule has 1 fully saturated rings. The molecule has 1 aliphatic rings. The van der Waals surface area contributed by atoms with E-state index in [-0.39, 0.29) is 16.5 Å². The van der Waals surface area contributed by atoms with Crippen LogP contribution in [0.5, 0.6) is 0 Å². The zero-order chi connectivity index (χ0) is 13.9. The molecule has 0 saturated heterocycles. The first kappa shape index (κ1) is 14.0. The van der Waals surface area contributed by atoms with Crippen molar-refractivity contribution in [3.05, 3.63) is 29.8 Å². The molecular weight excluding hydrogens is 260 g/mol. The minimum Gasteiger partial charge on any atom is -0.208 e. The van der Waals surface area contributed by atoms with Crippen LogP contribution in [-0.2, 0) is 10.0 Å². The van der Waals surface area contributed by atoms with E-state index in [4.69, 9.17) is 5.26 Å². The minimum atomic E-state index is -3.60. The molecule has 1 aromatic rings. The Morgan fingerprint density at radius 2 is 2.05 bits per heavy atom. The Morgan fingerprint density at radius 3 is 2.74 bits per heavy atom. The van der Waals surface area contributed by atoms with E-state index in [0.29, 0.717) is 5.92 Å². The Balaban J connectivity index is 2.21. The molecule has 1 N–H and O–H groups in total. The van der Waals surface area contributed by atoms with E-state index in [1.165, 1.54) is 12.1 Å². The van der Waals surface area contributed by atoms with Crippen molar-refractivity contribution in [3.8, 4) is 6.07 Å². The number of nitrogens with zero attached hydrogens (tertiary/aromatic N) is 1. The fraction of sp³-hybridized carbons (Fsp3) is 0.500. The first-order chi connectivity index (χ1) is 9.03. The Morgan fingerprint density at radius 1 is 1.32 bits per heavy atom. The molecule has 4 nitrogen and oxygen atoms in total. The highest BCUT2D eigenvalue weighted by atomic mass is 32.2. The highest BCUT2D eigenvalue weighted by Gasteiger charge is 2.26. The molecule has 0 radical (unpaired) electrons. The SMILES string of the molecule is CC1CCCC(NS(=O)(=O)c2ccccc2C#N)C1. The van der Waals surface area contributed by atoms with Crippen molar-refractivity contribution in [2.24, 2.45) is 5.92 Å². The third-order valence-electron chi connectivity index (χ3n) is 3.56. The summed E-state index contributed by atoms with van der Waals surface area (Å²) in [6.07, 6.45) is 3.95. The molecular formula is C14H18N2O2S. The molecule has 19 heavy (non-hydrogen) atoms. The van der Waals surface area contributed by atoms with Gasteiger partial charge in [0.15, 0.2) is 0 Å². The van der Waals surface area contributed by atoms with Gasteiger partial charge in [-0.15, -0.1) is 0 Å². The van der Waals surface area contributed by atoms with Crippen LogP contribution in [0.3, 0.4) is 0 Å². The second-order valence-corrected chi connectivity index (χ2v) is 6.88. The van der Waals surface area contributed by atoms with Crippen molar-refractivity contribution in [1.82, 2.24) is 4.72 Å². The fourth-order valence-corrected chi connectivity index (χ4v) is 4.06. The number of nitrogens with one attached hydrogen (secondary N) is 1. The molecule has 0 aromatic heterocycles. The molecule has 0 heterocycles. The molecule has 0 aliphatic heterocycles. The van der Waals surface area contributed by atoms with Gasteiger partial charge in [0.25, 0.3) is 0 Å². The van der Waals surface area contributed by atoms with Crippen molar-refractivity contribution < 1.29 is 8.42 Å². The van der Waals surface area contributed by atoms with E-state index in [9.17, 15) is 8.42 Å². The summed E-state index contributed by atoms with van der Waals surface area (Å²) in [7, 11) is -3.60. The number of nitriles is 1. The molecule has 0 amide bonds. The quantitative estimate of drug-likeness (QED) is 0.923. The lowest BCUT2D eigenvalue weighted by Gasteiger charge is -2.27. The van der Waals surface area contributed by atoms with Gasteiger partial charge in [-0.3, -0.25) is 0 Å². The van der Waals surface area contributed by atoms with Crippen LogP contribution in [-0.4, -0.2) is 14.5 Å². The average molecular weight is 278 g/mol. The van der Waals surface area contributed by atoms with Gasteiger partial charge in [-0.05, 0) is 30.9 Å². The standard InChI is InChI=1S/C14H18N2O2S/c1-11-5-4-7-13(9-11)16-19(17,18)14-8-3-2-6-12(14)10-15/h2-3,6,8,11,13,16H,4-5,7,9H2,1H3. The molecule has 0 spiro atoms. The van der Waals surface area contributed by atoms with Crippen LogP contribution < -0.4 is 4.72 Å². The lowest BCUT2D eigenvalue weighted by Crippen LogP contribution is -2.38. The highest BCUT2D eigenvalue weighted by Crippen LogP contribution is 2.25. The highest BCUT2D eigenvalue weighted by molar-refractivity contribution is 7.89. The van der Waals surface area contributed by atoms with E-state index in [1.54, 1.807) is 12.1 Å². The summed E-state index contributed by atoms with van der Waals surface area (Å²) in [5.41, 5.74) is 0.193. The molecule has 1 aromatic carbocycles. The predicted octanol–water partition coefficient (Wildman–Crippen LogP) is 2.42. The summed E-state index contributed by atoms with van der Waals surface area (Å²) >= 11 is 0. The number of benzene rings is 1. The lowest BCUT2D eigenvalue weighted by molar-refractivity contribution is 0.327. The number of hydrogen-bond donors (Lipinski definition) is 1. The first-order valence-electron chi connectivity index (χ1n) is 6.54. The molecule has 1 saturated carbocycles. The summed E-state index contributed by atoms with van der Waals surface area (Å²) < 4.78 is 27.4. The van der Waals surface area contributed by atoms with Crippen LogP contribution in [0.2, 0.25) is 0 Å². The smallest absolute Gasteiger partial charge is 0.208 e. The van der Waals surface area contributed by atoms with E-state index >= 15 is 0 Å². The maximum absolute atomic E-state index is 12.3. The Kier molecular flexibility index (Phi) is 4.23. The third-order valence-corrected chi connectivity index (χ3v) is 5.13. The van der Waals surface area contributed by atoms with Gasteiger partial charge < -0.3 is 0 Å². The van der Waals surface area contributed by atoms with Gasteiger partial charge in [0.05, 0.1) is 10.5 Å². The Bertz CT molecular complexity index is 590. The van der Waals surface area contributed by atoms with Gasteiger partial charge in [0.2, 0.25) is 10.0 Å². The average Bonchev–Trinajstić information content (AvgIpc) is 2.38. The zero-order valence-electron chi connectivity index (χ0n) is 11.0. The van der Waals surface area contributed by atoms with Gasteiger partial charge in [0, 0.05) is 6.04 Å². The van der Waals surface area contributed by atoms with Gasteiger partial charge in [-0.1, -0.05) is 31.9 Å². The van der Waals surface area contributed by atoms with Crippen LogP contribution in [0.15, 0.2) is 29.2 Å². The molecule has 2 rings (SSSR count). The Labute approximate surface area is 114 Å². The van der Waals surface area contributed by atoms with Crippen molar-refractivity contribution >= 4 is 10.0 Å². The van der Waals surface area contributed by atoms with Gasteiger partial charge in [-0.25, -0.2) is 13.1 Å². The van der Waals surface area contributed by atoms with Gasteiger partial charge in [0.1, 0.15) is 6.07 Å². The molecule has 1 aliphatic carbocycles. The van der Waals surface area contributed by atoms with E-state index < -0.39 is 10.0 Å². The van der Waals surface area contributed by atoms with E-state index in [0.717, 1.165) is 25.7 Å². The van der Waals surface area contributed by atoms with E-state index in [2.05, 4.69) is 11.6 Å². The molecule has 102 valence electrons. The van der Waals surface area contributed by atoms with Crippen molar-refractivity contribution in [2.45, 2.75) is 43.5 Å². The minimum absolute atomic E-state index is 0.0134. The van der Waals surface area contributed by atoms with Crippen LogP contribution in [0, 0.1) is 17.2 Å². The maximum atomic E-state index is 12.3. The second kappa shape index (κ2) is 5.72. The summed E-state index contributed by atoms with van der Waals surface area (Å²) in [4.78, 5) is 0.0794. The fourth-order valence-electron chi connectivity index (χ4n) is 2.62. The summed E-state index contributed by atoms with van der Waals surface area (Å²) in [5.74, 6) is 0.549. The zero-order valence-corrected chi connectivity index (χ0v) is 11.8. The van der Waals surface area contributed by atoms with Crippen LogP contribution >= 0.6 is 0 Å². The van der Waals surface area contributed by atoms with E-state index in [1.807, 2.05) is 6.07 Å². The van der Waals surface area contributed by atoms with Crippen molar-refractivity contribution in [1.29, 1.82) is 5.26 Å². The van der Waals surface area contributed by atoms with Gasteiger partial charge in [-0.2, -0.15) is 5.26 Å². The van der Waals surface area contributed by atoms with Crippen LogP contribution in [0.1, 0.15) is 38.2 Å². The summed E-state index contributed by atoms with van der Waals surface area (Å²) in [6.45, 7) is 2.14. The normalized spacial score (nSPS) is 23.8. The summed E-state index contributed by atoms with van der Waals surface area (Å²) in [6, 6.07) is 8.22. The van der Waals surface area contributed by atoms with Crippen LogP contribution in [0.25, 0.3) is 0 Å². The number of hydrogen-bond acceptors (Lipinski definition) is 3. The third kappa shape index (κ3) is 3.34. The maximum Gasteiger partial charge on any atom is 0.242 e. The molecule has 5 heteroatoms. The first-order valence-corrected chi connectivity index (χ1v) is 8.02. The molecule has 0 bridgehead atoms. The number of sulfonamides is 1. The lowest BCUT2D eigenvalue weighted by atomic mass is 9.88. The van der Waals surface area contributed by atoms with Crippen molar-refractivity contribution in [3.63, 3.8) is 0 Å². The monoisotopic (exact) mass is 278 g/mol. The largest absolute Gasteiger partial charge is 0.242 e. The number of rotatable bonds is 3. The van der Waals surface area contributed by atoms with Crippen LogP contribution in [0.4, 0.5) is 0 Å². The molecule has 2 unspecified atom stereocenters. The molecule has 2 atom stereocenters. The van der Waals surface area contributed by atoms with Gasteiger partial charge >= 0.3 is 0 Å². The predicted molar refractivity (Wildman–Crippen MR) is 72.9 cm³/mol. The summed E-state index contributed by atoms with van der Waals surface area (Å²) in [5, 5.41) is 8.99. The topological polar surface area (TPSA) is 70.0 Å².